The highest BCUT2D eigenvalue weighted by Crippen LogP contribution is 2.39. The van der Waals surface area contributed by atoms with Crippen molar-refractivity contribution in [3.63, 3.8) is 0 Å². The Hall–Kier alpha value is -2.93. The Balaban J connectivity index is 1.61. The SMILES string of the molecule is CC(=O)N1c2ccc(-c3ccc(CN4CCCCC4)cn3)cc2C(NC(=O)O)CC1C. The molecule has 0 radical (unpaired) electrons. The van der Waals surface area contributed by atoms with Crippen LogP contribution in [0.15, 0.2) is 36.5 Å². The zero-order chi connectivity index (χ0) is 22.0. The number of hydrogen-bond acceptors (Lipinski definition) is 4. The topological polar surface area (TPSA) is 85.8 Å². The Kier molecular flexibility index (Phi) is 6.23. The number of carbonyl (C=O) groups excluding carboxylic acids is 1. The number of rotatable bonds is 4. The second-order valence-corrected chi connectivity index (χ2v) is 8.64. The standard InChI is InChI=1S/C24H30N4O3/c1-16-12-22(26-24(30)31)20-13-19(7-9-23(20)28(16)17(2)29)21-8-6-18(14-25-21)15-27-10-4-3-5-11-27/h6-9,13-14,16,22,26H,3-5,10-12,15H2,1-2H3,(H,30,31). The molecule has 0 saturated carbocycles. The zero-order valence-electron chi connectivity index (χ0n) is 18.2. The van der Waals surface area contributed by atoms with E-state index in [4.69, 9.17) is 0 Å². The van der Waals surface area contributed by atoms with Crippen LogP contribution in [0, 0.1) is 0 Å². The molecule has 1 aromatic heterocycles. The number of carboxylic acid groups (broad SMARTS) is 1. The van der Waals surface area contributed by atoms with Gasteiger partial charge in [-0.3, -0.25) is 14.7 Å². The van der Waals surface area contributed by atoms with Gasteiger partial charge >= 0.3 is 6.09 Å². The molecule has 0 bridgehead atoms. The quantitative estimate of drug-likeness (QED) is 0.772. The van der Waals surface area contributed by atoms with E-state index in [1.54, 1.807) is 11.8 Å². The number of nitrogens with one attached hydrogen (secondary N) is 1. The van der Waals surface area contributed by atoms with Crippen molar-refractivity contribution in [2.45, 2.75) is 58.2 Å². The van der Waals surface area contributed by atoms with E-state index < -0.39 is 6.09 Å². The van der Waals surface area contributed by atoms with E-state index in [1.807, 2.05) is 37.4 Å². The summed E-state index contributed by atoms with van der Waals surface area (Å²) >= 11 is 0. The first-order valence-electron chi connectivity index (χ1n) is 11.0. The summed E-state index contributed by atoms with van der Waals surface area (Å²) in [4.78, 5) is 32.5. The zero-order valence-corrected chi connectivity index (χ0v) is 18.2. The van der Waals surface area contributed by atoms with Crippen molar-refractivity contribution in [1.82, 2.24) is 15.2 Å². The first kappa shape index (κ1) is 21.3. The molecule has 2 aliphatic heterocycles. The third-order valence-electron chi connectivity index (χ3n) is 6.29. The lowest BCUT2D eigenvalue weighted by molar-refractivity contribution is -0.117. The second-order valence-electron chi connectivity index (χ2n) is 8.64. The van der Waals surface area contributed by atoms with E-state index in [9.17, 15) is 14.7 Å². The van der Waals surface area contributed by atoms with Gasteiger partial charge < -0.3 is 15.3 Å². The van der Waals surface area contributed by atoms with Gasteiger partial charge in [0.25, 0.3) is 0 Å². The van der Waals surface area contributed by atoms with E-state index >= 15 is 0 Å². The maximum atomic E-state index is 12.2. The minimum Gasteiger partial charge on any atom is -0.465 e. The highest BCUT2D eigenvalue weighted by atomic mass is 16.4. The minimum atomic E-state index is -1.06. The summed E-state index contributed by atoms with van der Waals surface area (Å²) < 4.78 is 0. The molecule has 164 valence electrons. The first-order chi connectivity index (χ1) is 14.9. The Morgan fingerprint density at radius 1 is 1.16 bits per heavy atom. The first-order valence-corrected chi connectivity index (χ1v) is 11.0. The molecule has 2 N–H and O–H groups in total. The molecular formula is C24H30N4O3. The number of fused-ring (bicyclic) bond motifs is 1. The molecule has 1 fully saturated rings. The molecule has 2 unspecified atom stereocenters. The van der Waals surface area contributed by atoms with Gasteiger partial charge in [0.05, 0.1) is 11.7 Å². The van der Waals surface area contributed by atoms with Crippen LogP contribution in [0.3, 0.4) is 0 Å². The van der Waals surface area contributed by atoms with Crippen molar-refractivity contribution in [1.29, 1.82) is 0 Å². The van der Waals surface area contributed by atoms with Crippen molar-refractivity contribution in [3.05, 3.63) is 47.7 Å². The summed E-state index contributed by atoms with van der Waals surface area (Å²) in [6.45, 7) is 6.71. The second kappa shape index (κ2) is 9.06. The van der Waals surface area contributed by atoms with Crippen LogP contribution in [0.1, 0.15) is 56.7 Å². The van der Waals surface area contributed by atoms with Gasteiger partial charge in [-0.05, 0) is 68.6 Å². The third kappa shape index (κ3) is 4.71. The lowest BCUT2D eigenvalue weighted by atomic mass is 9.89. The average molecular weight is 423 g/mol. The van der Waals surface area contributed by atoms with Crippen molar-refractivity contribution in [2.75, 3.05) is 18.0 Å². The number of piperidine rings is 1. The maximum absolute atomic E-state index is 12.2. The van der Waals surface area contributed by atoms with E-state index in [2.05, 4.69) is 21.3 Å². The molecule has 31 heavy (non-hydrogen) atoms. The fraction of sp³-hybridized carbons (Fsp3) is 0.458. The van der Waals surface area contributed by atoms with Crippen LogP contribution in [-0.2, 0) is 11.3 Å². The fourth-order valence-electron chi connectivity index (χ4n) is 4.85. The molecule has 4 rings (SSSR count). The number of carbonyl (C=O) groups is 2. The molecule has 0 spiro atoms. The van der Waals surface area contributed by atoms with Gasteiger partial charge in [-0.2, -0.15) is 0 Å². The largest absolute Gasteiger partial charge is 0.465 e. The molecule has 0 aliphatic carbocycles. The van der Waals surface area contributed by atoms with Crippen molar-refractivity contribution < 1.29 is 14.7 Å². The summed E-state index contributed by atoms with van der Waals surface area (Å²) in [5.74, 6) is -0.0459. The Bertz CT molecular complexity index is 954. The Morgan fingerprint density at radius 3 is 2.58 bits per heavy atom. The van der Waals surface area contributed by atoms with Gasteiger partial charge in [0, 0.05) is 37.0 Å². The van der Waals surface area contributed by atoms with Gasteiger partial charge in [0.15, 0.2) is 0 Å². The number of anilines is 1. The van der Waals surface area contributed by atoms with Crippen molar-refractivity contribution in [3.8, 4) is 11.3 Å². The number of likely N-dealkylation sites (tertiary alicyclic amines) is 1. The normalized spacial score (nSPS) is 21.4. The Morgan fingerprint density at radius 2 is 1.94 bits per heavy atom. The van der Waals surface area contributed by atoms with Crippen LogP contribution in [0.4, 0.5) is 10.5 Å². The summed E-state index contributed by atoms with van der Waals surface area (Å²) in [6.07, 6.45) is 5.25. The molecule has 1 saturated heterocycles. The van der Waals surface area contributed by atoms with Gasteiger partial charge in [0.1, 0.15) is 0 Å². The minimum absolute atomic E-state index is 0.0459. The summed E-state index contributed by atoms with van der Waals surface area (Å²) in [5, 5.41) is 11.9. The summed E-state index contributed by atoms with van der Waals surface area (Å²) in [5.41, 5.74) is 4.53. The van der Waals surface area contributed by atoms with Gasteiger partial charge in [0.2, 0.25) is 5.91 Å². The van der Waals surface area contributed by atoms with Crippen LogP contribution in [0.25, 0.3) is 11.3 Å². The lowest BCUT2D eigenvalue weighted by Crippen LogP contribution is -2.45. The molecule has 2 amide bonds. The predicted octanol–water partition coefficient (Wildman–Crippen LogP) is 4.19. The average Bonchev–Trinajstić information content (AvgIpc) is 2.74. The van der Waals surface area contributed by atoms with Crippen LogP contribution in [0.2, 0.25) is 0 Å². The van der Waals surface area contributed by atoms with E-state index in [-0.39, 0.29) is 18.0 Å². The highest BCUT2D eigenvalue weighted by Gasteiger charge is 2.33. The molecule has 2 aliphatic rings. The molecule has 7 heteroatoms. The van der Waals surface area contributed by atoms with Crippen LogP contribution >= 0.6 is 0 Å². The number of hydrogen-bond donors (Lipinski definition) is 2. The molecular weight excluding hydrogens is 392 g/mol. The predicted molar refractivity (Wildman–Crippen MR) is 120 cm³/mol. The molecule has 2 aromatic rings. The fourth-order valence-corrected chi connectivity index (χ4v) is 4.85. The van der Waals surface area contributed by atoms with E-state index in [0.717, 1.165) is 42.1 Å². The summed E-state index contributed by atoms with van der Waals surface area (Å²) in [7, 11) is 0. The van der Waals surface area contributed by atoms with Crippen LogP contribution in [-0.4, -0.2) is 46.1 Å². The molecule has 3 heterocycles. The Labute approximate surface area is 183 Å². The number of aromatic nitrogens is 1. The number of pyridine rings is 1. The number of nitrogens with zero attached hydrogens (tertiary/aromatic N) is 3. The highest BCUT2D eigenvalue weighted by molar-refractivity contribution is 5.94. The van der Waals surface area contributed by atoms with Gasteiger partial charge in [-0.1, -0.05) is 18.6 Å². The molecule has 7 nitrogen and oxygen atoms in total. The van der Waals surface area contributed by atoms with Crippen molar-refractivity contribution >= 4 is 17.7 Å². The van der Waals surface area contributed by atoms with E-state index in [1.165, 1.54) is 24.8 Å². The van der Waals surface area contributed by atoms with Crippen LogP contribution in [0.5, 0.6) is 0 Å². The molecule has 2 atom stereocenters. The number of benzene rings is 1. The third-order valence-corrected chi connectivity index (χ3v) is 6.29. The van der Waals surface area contributed by atoms with Gasteiger partial charge in [-0.15, -0.1) is 0 Å². The van der Waals surface area contributed by atoms with Crippen LogP contribution < -0.4 is 10.2 Å². The smallest absolute Gasteiger partial charge is 0.405 e. The lowest BCUT2D eigenvalue weighted by Gasteiger charge is -2.39. The van der Waals surface area contributed by atoms with E-state index in [0.29, 0.717) is 6.42 Å². The van der Waals surface area contributed by atoms with Crippen molar-refractivity contribution in [2.24, 2.45) is 0 Å². The monoisotopic (exact) mass is 422 g/mol. The van der Waals surface area contributed by atoms with Gasteiger partial charge in [-0.25, -0.2) is 4.79 Å². The number of amides is 2. The maximum Gasteiger partial charge on any atom is 0.405 e. The summed E-state index contributed by atoms with van der Waals surface area (Å²) in [6, 6.07) is 9.52. The molecule has 1 aromatic carbocycles.